The van der Waals surface area contributed by atoms with Crippen LogP contribution in [0.2, 0.25) is 0 Å². The minimum atomic E-state index is -0.352. The van der Waals surface area contributed by atoms with Gasteiger partial charge in [0.1, 0.15) is 0 Å². The molecule has 3 heteroatoms. The molecule has 74 valence electrons. The second-order valence-corrected chi connectivity index (χ2v) is 4.00. The number of carbonyl (C=O) groups is 1. The normalized spacial score (nSPS) is 27.2. The standard InChI is InChI=1S/C10H18N2O/c1-8(2)7-11-9(13)10(3)5-4-6-12-10/h12H,1,4-7H2,2-3H3,(H,11,13). The molecule has 0 aromatic carbocycles. The number of rotatable bonds is 3. The van der Waals surface area contributed by atoms with E-state index in [9.17, 15) is 4.79 Å². The maximum Gasteiger partial charge on any atom is 0.240 e. The molecule has 2 N–H and O–H groups in total. The number of amides is 1. The second kappa shape index (κ2) is 3.92. The van der Waals surface area contributed by atoms with Crippen LogP contribution in [0.5, 0.6) is 0 Å². The summed E-state index contributed by atoms with van der Waals surface area (Å²) >= 11 is 0. The number of nitrogens with one attached hydrogen (secondary N) is 2. The van der Waals surface area contributed by atoms with Crippen LogP contribution in [0.1, 0.15) is 26.7 Å². The molecule has 1 atom stereocenters. The number of hydrogen-bond donors (Lipinski definition) is 2. The van der Waals surface area contributed by atoms with Crippen molar-refractivity contribution in [3.05, 3.63) is 12.2 Å². The summed E-state index contributed by atoms with van der Waals surface area (Å²) in [5, 5.41) is 6.08. The molecule has 1 aliphatic heterocycles. The molecular weight excluding hydrogens is 164 g/mol. The lowest BCUT2D eigenvalue weighted by Gasteiger charge is -2.22. The predicted molar refractivity (Wildman–Crippen MR) is 53.5 cm³/mol. The summed E-state index contributed by atoms with van der Waals surface area (Å²) < 4.78 is 0. The van der Waals surface area contributed by atoms with Gasteiger partial charge in [-0.1, -0.05) is 12.2 Å². The number of carbonyl (C=O) groups excluding carboxylic acids is 1. The molecule has 0 spiro atoms. The van der Waals surface area contributed by atoms with Gasteiger partial charge in [-0.2, -0.15) is 0 Å². The first kappa shape index (κ1) is 10.3. The van der Waals surface area contributed by atoms with Gasteiger partial charge in [0, 0.05) is 6.54 Å². The molecule has 1 aliphatic rings. The van der Waals surface area contributed by atoms with Gasteiger partial charge in [-0.15, -0.1) is 0 Å². The summed E-state index contributed by atoms with van der Waals surface area (Å²) in [6.07, 6.45) is 2.01. The van der Waals surface area contributed by atoms with Gasteiger partial charge in [0.15, 0.2) is 0 Å². The van der Waals surface area contributed by atoms with Gasteiger partial charge in [0.2, 0.25) is 5.91 Å². The molecule has 0 aliphatic carbocycles. The highest BCUT2D eigenvalue weighted by molar-refractivity contribution is 5.86. The maximum absolute atomic E-state index is 11.7. The highest BCUT2D eigenvalue weighted by atomic mass is 16.2. The Morgan fingerprint density at radius 2 is 2.38 bits per heavy atom. The Morgan fingerprint density at radius 1 is 1.69 bits per heavy atom. The quantitative estimate of drug-likeness (QED) is 0.634. The Hall–Kier alpha value is -0.830. The number of hydrogen-bond acceptors (Lipinski definition) is 2. The highest BCUT2D eigenvalue weighted by Gasteiger charge is 2.35. The molecule has 1 heterocycles. The fourth-order valence-electron chi connectivity index (χ4n) is 1.51. The van der Waals surface area contributed by atoms with Crippen LogP contribution in [0.4, 0.5) is 0 Å². The van der Waals surface area contributed by atoms with E-state index in [1.165, 1.54) is 0 Å². The maximum atomic E-state index is 11.7. The van der Waals surface area contributed by atoms with E-state index in [4.69, 9.17) is 0 Å². The van der Waals surface area contributed by atoms with E-state index in [1.54, 1.807) is 0 Å². The highest BCUT2D eigenvalue weighted by Crippen LogP contribution is 2.18. The molecule has 0 aromatic heterocycles. The van der Waals surface area contributed by atoms with E-state index in [1.807, 2.05) is 13.8 Å². The lowest BCUT2D eigenvalue weighted by molar-refractivity contribution is -0.126. The fraction of sp³-hybridized carbons (Fsp3) is 0.700. The van der Waals surface area contributed by atoms with E-state index in [0.717, 1.165) is 25.0 Å². The molecule has 1 saturated heterocycles. The molecule has 3 nitrogen and oxygen atoms in total. The SMILES string of the molecule is C=C(C)CNC(=O)C1(C)CCCN1. The van der Waals surface area contributed by atoms with Crippen LogP contribution >= 0.6 is 0 Å². The molecule has 0 radical (unpaired) electrons. The zero-order chi connectivity index (χ0) is 9.90. The van der Waals surface area contributed by atoms with Crippen molar-refractivity contribution in [2.24, 2.45) is 0 Å². The first-order valence-electron chi connectivity index (χ1n) is 4.72. The average Bonchev–Trinajstić information content (AvgIpc) is 2.49. The minimum Gasteiger partial charge on any atom is -0.351 e. The van der Waals surface area contributed by atoms with Gasteiger partial charge in [0.05, 0.1) is 5.54 Å². The van der Waals surface area contributed by atoms with Crippen molar-refractivity contribution in [2.75, 3.05) is 13.1 Å². The third-order valence-corrected chi connectivity index (χ3v) is 2.42. The van der Waals surface area contributed by atoms with Crippen LogP contribution in [0.15, 0.2) is 12.2 Å². The largest absolute Gasteiger partial charge is 0.351 e. The van der Waals surface area contributed by atoms with Crippen molar-refractivity contribution < 1.29 is 4.79 Å². The Morgan fingerprint density at radius 3 is 2.85 bits per heavy atom. The predicted octanol–water partition coefficient (Wildman–Crippen LogP) is 0.821. The van der Waals surface area contributed by atoms with Crippen molar-refractivity contribution in [3.63, 3.8) is 0 Å². The van der Waals surface area contributed by atoms with Crippen molar-refractivity contribution >= 4 is 5.91 Å². The zero-order valence-corrected chi connectivity index (χ0v) is 8.44. The molecule has 1 rings (SSSR count). The van der Waals surface area contributed by atoms with Gasteiger partial charge in [0.25, 0.3) is 0 Å². The summed E-state index contributed by atoms with van der Waals surface area (Å²) in [4.78, 5) is 11.7. The fourth-order valence-corrected chi connectivity index (χ4v) is 1.51. The molecule has 1 unspecified atom stereocenters. The van der Waals surface area contributed by atoms with Crippen LogP contribution < -0.4 is 10.6 Å². The van der Waals surface area contributed by atoms with E-state index in [0.29, 0.717) is 6.54 Å². The summed E-state index contributed by atoms with van der Waals surface area (Å²) in [6.45, 7) is 9.12. The van der Waals surface area contributed by atoms with Crippen LogP contribution in [0, 0.1) is 0 Å². The molecule has 13 heavy (non-hydrogen) atoms. The first-order valence-corrected chi connectivity index (χ1v) is 4.72. The molecule has 0 aromatic rings. The Balaban J connectivity index is 2.42. The third kappa shape index (κ3) is 2.56. The van der Waals surface area contributed by atoms with Gasteiger partial charge < -0.3 is 10.6 Å². The molecule has 0 saturated carbocycles. The summed E-state index contributed by atoms with van der Waals surface area (Å²) in [5.74, 6) is 0.0907. The minimum absolute atomic E-state index is 0.0907. The molecule has 1 amide bonds. The summed E-state index contributed by atoms with van der Waals surface area (Å²) in [5.41, 5.74) is 0.630. The van der Waals surface area contributed by atoms with Crippen molar-refractivity contribution in [3.8, 4) is 0 Å². The zero-order valence-electron chi connectivity index (χ0n) is 8.44. The van der Waals surface area contributed by atoms with Gasteiger partial charge in [-0.25, -0.2) is 0 Å². The smallest absolute Gasteiger partial charge is 0.240 e. The Bertz CT molecular complexity index is 217. The molecule has 0 bridgehead atoms. The molecule has 1 fully saturated rings. The summed E-state index contributed by atoms with van der Waals surface area (Å²) in [6, 6.07) is 0. The first-order chi connectivity index (χ1) is 6.04. The van der Waals surface area contributed by atoms with Gasteiger partial charge in [-0.3, -0.25) is 4.79 Å². The van der Waals surface area contributed by atoms with Crippen LogP contribution in [0.3, 0.4) is 0 Å². The summed E-state index contributed by atoms with van der Waals surface area (Å²) in [7, 11) is 0. The molecular formula is C10H18N2O. The van der Waals surface area contributed by atoms with Crippen LogP contribution in [0.25, 0.3) is 0 Å². The van der Waals surface area contributed by atoms with Gasteiger partial charge in [-0.05, 0) is 33.2 Å². The van der Waals surface area contributed by atoms with Crippen LogP contribution in [-0.4, -0.2) is 24.5 Å². The van der Waals surface area contributed by atoms with E-state index in [-0.39, 0.29) is 11.4 Å². The van der Waals surface area contributed by atoms with E-state index in [2.05, 4.69) is 17.2 Å². The topological polar surface area (TPSA) is 41.1 Å². The second-order valence-electron chi connectivity index (χ2n) is 4.00. The monoisotopic (exact) mass is 182 g/mol. The Labute approximate surface area is 79.6 Å². The van der Waals surface area contributed by atoms with E-state index >= 15 is 0 Å². The third-order valence-electron chi connectivity index (χ3n) is 2.42. The Kier molecular flexibility index (Phi) is 3.09. The van der Waals surface area contributed by atoms with Gasteiger partial charge >= 0.3 is 0 Å². The van der Waals surface area contributed by atoms with Crippen molar-refractivity contribution in [1.82, 2.24) is 10.6 Å². The average molecular weight is 182 g/mol. The van der Waals surface area contributed by atoms with Crippen molar-refractivity contribution in [1.29, 1.82) is 0 Å². The lowest BCUT2D eigenvalue weighted by Crippen LogP contribution is -2.51. The van der Waals surface area contributed by atoms with Crippen LogP contribution in [-0.2, 0) is 4.79 Å². The van der Waals surface area contributed by atoms with E-state index < -0.39 is 0 Å². The lowest BCUT2D eigenvalue weighted by atomic mass is 9.99. The van der Waals surface area contributed by atoms with Crippen molar-refractivity contribution in [2.45, 2.75) is 32.2 Å².